The fraction of sp³-hybridized carbons (Fsp3) is 0.167. The molecule has 1 heterocycles. The second-order valence-electron chi connectivity index (χ2n) is 7.20. The van der Waals surface area contributed by atoms with Crippen LogP contribution in [0.2, 0.25) is 5.02 Å². The first-order valence-electron chi connectivity index (χ1n) is 9.60. The summed E-state index contributed by atoms with van der Waals surface area (Å²) in [6.45, 7) is 3.94. The molecule has 6 heteroatoms. The third kappa shape index (κ3) is 4.81. The molecule has 1 amide bonds. The van der Waals surface area contributed by atoms with Gasteiger partial charge in [-0.15, -0.1) is 0 Å². The number of benzene rings is 3. The lowest BCUT2D eigenvalue weighted by Gasteiger charge is -2.10. The highest BCUT2D eigenvalue weighted by Gasteiger charge is 2.09. The highest BCUT2D eigenvalue weighted by molar-refractivity contribution is 6.31. The van der Waals surface area contributed by atoms with E-state index < -0.39 is 0 Å². The van der Waals surface area contributed by atoms with Gasteiger partial charge in [-0.1, -0.05) is 41.4 Å². The zero-order valence-electron chi connectivity index (χ0n) is 16.7. The summed E-state index contributed by atoms with van der Waals surface area (Å²) >= 11 is 5.99. The molecule has 0 radical (unpaired) electrons. The smallest absolute Gasteiger partial charge is 0.262 e. The lowest BCUT2D eigenvalue weighted by atomic mass is 10.1. The number of ether oxygens (including phenoxy) is 1. The van der Waals surface area contributed by atoms with Gasteiger partial charge >= 0.3 is 0 Å². The molecular weight excluding hydrogens is 400 g/mol. The summed E-state index contributed by atoms with van der Waals surface area (Å²) in [5.41, 5.74) is 5.35. The van der Waals surface area contributed by atoms with Crippen molar-refractivity contribution in [3.8, 4) is 5.75 Å². The third-order valence-electron chi connectivity index (χ3n) is 4.68. The minimum absolute atomic E-state index is 0.0445. The van der Waals surface area contributed by atoms with Gasteiger partial charge in [0.2, 0.25) is 0 Å². The van der Waals surface area contributed by atoms with E-state index in [1.54, 1.807) is 12.1 Å². The molecule has 0 aliphatic rings. The summed E-state index contributed by atoms with van der Waals surface area (Å²) in [6, 6.07) is 18.8. The molecule has 4 rings (SSSR count). The highest BCUT2D eigenvalue weighted by atomic mass is 35.5. The number of rotatable bonds is 6. The zero-order chi connectivity index (χ0) is 21.1. The van der Waals surface area contributed by atoms with Crippen molar-refractivity contribution >= 4 is 34.3 Å². The summed E-state index contributed by atoms with van der Waals surface area (Å²) in [5, 5.41) is 3.47. The van der Waals surface area contributed by atoms with Crippen molar-refractivity contribution in [1.82, 2.24) is 4.98 Å². The number of carbonyl (C=O) groups is 1. The standard InChI is InChI=1S/C24H21ClN2O3/c1-15-3-9-21(16(2)11-15)29-14-23(28)26-19-7-4-17(5-8-19)12-24-27-20-13-18(25)6-10-22(20)30-24/h3-11,13H,12,14H2,1-2H3,(H,26,28). The fourth-order valence-corrected chi connectivity index (χ4v) is 3.37. The molecule has 0 aliphatic carbocycles. The van der Waals surface area contributed by atoms with Crippen LogP contribution in [-0.2, 0) is 11.2 Å². The van der Waals surface area contributed by atoms with Crippen LogP contribution in [0, 0.1) is 13.8 Å². The maximum Gasteiger partial charge on any atom is 0.262 e. The fourth-order valence-electron chi connectivity index (χ4n) is 3.21. The van der Waals surface area contributed by atoms with E-state index in [4.69, 9.17) is 20.8 Å². The Morgan fingerprint density at radius 3 is 2.63 bits per heavy atom. The maximum absolute atomic E-state index is 12.2. The number of halogens is 1. The first-order chi connectivity index (χ1) is 14.5. The number of hydrogen-bond donors (Lipinski definition) is 1. The Balaban J connectivity index is 1.34. The van der Waals surface area contributed by atoms with E-state index in [0.29, 0.717) is 34.4 Å². The third-order valence-corrected chi connectivity index (χ3v) is 4.91. The molecule has 1 aromatic heterocycles. The first-order valence-corrected chi connectivity index (χ1v) is 9.98. The summed E-state index contributed by atoms with van der Waals surface area (Å²) in [4.78, 5) is 16.7. The molecule has 0 saturated carbocycles. The summed E-state index contributed by atoms with van der Waals surface area (Å²) in [6.07, 6.45) is 0.552. The van der Waals surface area contributed by atoms with Crippen LogP contribution in [0.3, 0.4) is 0 Å². The van der Waals surface area contributed by atoms with Gasteiger partial charge in [0, 0.05) is 17.1 Å². The average molecular weight is 421 g/mol. The van der Waals surface area contributed by atoms with Crippen molar-refractivity contribution in [2.45, 2.75) is 20.3 Å². The first kappa shape index (κ1) is 20.0. The van der Waals surface area contributed by atoms with E-state index in [9.17, 15) is 4.79 Å². The van der Waals surface area contributed by atoms with Gasteiger partial charge in [0.05, 0.1) is 0 Å². The van der Waals surface area contributed by atoms with Gasteiger partial charge in [0.25, 0.3) is 5.91 Å². The van der Waals surface area contributed by atoms with E-state index in [1.165, 1.54) is 0 Å². The molecule has 4 aromatic rings. The Kier molecular flexibility index (Phi) is 5.72. The molecular formula is C24H21ClN2O3. The van der Waals surface area contributed by atoms with Gasteiger partial charge in [-0.2, -0.15) is 0 Å². The second kappa shape index (κ2) is 8.59. The van der Waals surface area contributed by atoms with Crippen molar-refractivity contribution in [2.75, 3.05) is 11.9 Å². The Hall–Kier alpha value is -3.31. The van der Waals surface area contributed by atoms with Crippen LogP contribution < -0.4 is 10.1 Å². The molecule has 0 spiro atoms. The monoisotopic (exact) mass is 420 g/mol. The Morgan fingerprint density at radius 2 is 1.87 bits per heavy atom. The van der Waals surface area contributed by atoms with Crippen LogP contribution in [0.1, 0.15) is 22.6 Å². The Morgan fingerprint density at radius 1 is 1.07 bits per heavy atom. The Bertz CT molecular complexity index is 1200. The van der Waals surface area contributed by atoms with Crippen LogP contribution in [0.15, 0.2) is 65.1 Å². The molecule has 3 aromatic carbocycles. The van der Waals surface area contributed by atoms with Crippen LogP contribution in [0.5, 0.6) is 5.75 Å². The quantitative estimate of drug-likeness (QED) is 0.434. The normalized spacial score (nSPS) is 10.9. The number of nitrogens with one attached hydrogen (secondary N) is 1. The minimum atomic E-state index is -0.210. The number of hydrogen-bond acceptors (Lipinski definition) is 4. The predicted octanol–water partition coefficient (Wildman–Crippen LogP) is 5.71. The molecule has 0 saturated heterocycles. The zero-order valence-corrected chi connectivity index (χ0v) is 17.5. The summed E-state index contributed by atoms with van der Waals surface area (Å²) < 4.78 is 11.4. The average Bonchev–Trinajstić information content (AvgIpc) is 3.10. The molecule has 0 unspecified atom stereocenters. The largest absolute Gasteiger partial charge is 0.483 e. The number of anilines is 1. The second-order valence-corrected chi connectivity index (χ2v) is 7.64. The van der Waals surface area contributed by atoms with Crippen LogP contribution in [0.25, 0.3) is 11.1 Å². The highest BCUT2D eigenvalue weighted by Crippen LogP contribution is 2.22. The topological polar surface area (TPSA) is 64.4 Å². The van der Waals surface area contributed by atoms with Gasteiger partial charge < -0.3 is 14.5 Å². The van der Waals surface area contributed by atoms with Crippen molar-refractivity contribution in [3.63, 3.8) is 0 Å². The molecule has 1 N–H and O–H groups in total. The van der Waals surface area contributed by atoms with E-state index in [-0.39, 0.29) is 12.5 Å². The molecule has 0 atom stereocenters. The van der Waals surface area contributed by atoms with E-state index in [1.807, 2.05) is 62.4 Å². The molecule has 0 bridgehead atoms. The number of amides is 1. The number of nitrogens with zero attached hydrogens (tertiary/aromatic N) is 1. The van der Waals surface area contributed by atoms with E-state index in [2.05, 4.69) is 10.3 Å². The maximum atomic E-state index is 12.2. The molecule has 0 fully saturated rings. The number of aromatic nitrogens is 1. The lowest BCUT2D eigenvalue weighted by molar-refractivity contribution is -0.118. The minimum Gasteiger partial charge on any atom is -0.483 e. The SMILES string of the molecule is Cc1ccc(OCC(=O)Nc2ccc(Cc3nc4cc(Cl)ccc4o3)cc2)c(C)c1. The van der Waals surface area contributed by atoms with Crippen molar-refractivity contribution in [1.29, 1.82) is 0 Å². The van der Waals surface area contributed by atoms with E-state index >= 15 is 0 Å². The van der Waals surface area contributed by atoms with Crippen LogP contribution >= 0.6 is 11.6 Å². The number of carbonyl (C=O) groups excluding carboxylic acids is 1. The Labute approximate surface area is 179 Å². The van der Waals surface area contributed by atoms with Gasteiger partial charge in [-0.25, -0.2) is 4.98 Å². The predicted molar refractivity (Wildman–Crippen MR) is 118 cm³/mol. The number of fused-ring (bicyclic) bond motifs is 1. The van der Waals surface area contributed by atoms with Crippen molar-refractivity contribution in [2.24, 2.45) is 0 Å². The molecule has 30 heavy (non-hydrogen) atoms. The van der Waals surface area contributed by atoms with E-state index in [0.717, 1.165) is 22.2 Å². The van der Waals surface area contributed by atoms with Crippen LogP contribution in [-0.4, -0.2) is 17.5 Å². The van der Waals surface area contributed by atoms with Crippen LogP contribution in [0.4, 0.5) is 5.69 Å². The summed E-state index contributed by atoms with van der Waals surface area (Å²) in [5.74, 6) is 1.12. The molecule has 5 nitrogen and oxygen atoms in total. The van der Waals surface area contributed by atoms with Gasteiger partial charge in [-0.05, 0) is 61.4 Å². The number of aryl methyl sites for hydroxylation is 2. The lowest BCUT2D eigenvalue weighted by Crippen LogP contribution is -2.20. The van der Waals surface area contributed by atoms with Crippen molar-refractivity contribution in [3.05, 3.63) is 88.3 Å². The number of oxazole rings is 1. The van der Waals surface area contributed by atoms with Gasteiger partial charge in [0.15, 0.2) is 18.1 Å². The molecule has 152 valence electrons. The van der Waals surface area contributed by atoms with Crippen molar-refractivity contribution < 1.29 is 13.9 Å². The van der Waals surface area contributed by atoms with Gasteiger partial charge in [0.1, 0.15) is 11.3 Å². The molecule has 0 aliphatic heterocycles. The van der Waals surface area contributed by atoms with Gasteiger partial charge in [-0.3, -0.25) is 4.79 Å². The summed E-state index contributed by atoms with van der Waals surface area (Å²) in [7, 11) is 0.